The molecule has 4 nitrogen and oxygen atoms in total. The summed E-state index contributed by atoms with van der Waals surface area (Å²) in [6.07, 6.45) is -0.790. The molecule has 1 aliphatic rings. The van der Waals surface area contributed by atoms with Crippen molar-refractivity contribution in [3.05, 3.63) is 30.3 Å². The third kappa shape index (κ3) is 2.86. The minimum Gasteiger partial charge on any atom is -0.346 e. The molecule has 2 rings (SSSR count). The molecule has 1 fully saturated rings. The van der Waals surface area contributed by atoms with E-state index in [2.05, 4.69) is 0 Å². The van der Waals surface area contributed by atoms with Crippen molar-refractivity contribution in [3.8, 4) is 0 Å². The summed E-state index contributed by atoms with van der Waals surface area (Å²) >= 11 is 0. The highest BCUT2D eigenvalue weighted by Crippen LogP contribution is 2.22. The number of benzene rings is 1. The van der Waals surface area contributed by atoms with Crippen molar-refractivity contribution in [3.63, 3.8) is 0 Å². The number of hydrogen-bond acceptors (Lipinski definition) is 4. The van der Waals surface area contributed by atoms with Crippen molar-refractivity contribution >= 4 is 9.84 Å². The van der Waals surface area contributed by atoms with Crippen LogP contribution in [0, 0.1) is 0 Å². The average molecular weight is 256 g/mol. The van der Waals surface area contributed by atoms with Gasteiger partial charge in [0.05, 0.1) is 17.1 Å². The van der Waals surface area contributed by atoms with Gasteiger partial charge >= 0.3 is 0 Å². The van der Waals surface area contributed by atoms with Crippen molar-refractivity contribution in [1.29, 1.82) is 0 Å². The van der Waals surface area contributed by atoms with Gasteiger partial charge in [-0.3, -0.25) is 0 Å². The molecule has 2 atom stereocenters. The average Bonchev–Trinajstić information content (AvgIpc) is 2.58. The van der Waals surface area contributed by atoms with Crippen LogP contribution in [0.2, 0.25) is 0 Å². The smallest absolute Gasteiger partial charge is 0.183 e. The molecule has 94 valence electrons. The molecule has 0 saturated carbocycles. The predicted molar refractivity (Wildman–Crippen MR) is 63.4 cm³/mol. The number of sulfone groups is 1. The lowest BCUT2D eigenvalue weighted by Gasteiger charge is -2.10. The van der Waals surface area contributed by atoms with Gasteiger partial charge in [0.2, 0.25) is 0 Å². The van der Waals surface area contributed by atoms with Crippen molar-refractivity contribution in [1.82, 2.24) is 0 Å². The van der Waals surface area contributed by atoms with E-state index in [1.807, 2.05) is 13.8 Å². The Balaban J connectivity index is 2.09. The van der Waals surface area contributed by atoms with Crippen LogP contribution in [-0.2, 0) is 19.3 Å². The second kappa shape index (κ2) is 4.76. The molecule has 0 amide bonds. The van der Waals surface area contributed by atoms with Gasteiger partial charge in [0.15, 0.2) is 16.1 Å². The Morgan fingerprint density at radius 1 is 1.06 bits per heavy atom. The van der Waals surface area contributed by atoms with Crippen LogP contribution in [0.4, 0.5) is 0 Å². The van der Waals surface area contributed by atoms with Crippen molar-refractivity contribution in [2.75, 3.05) is 5.75 Å². The quantitative estimate of drug-likeness (QED) is 0.824. The van der Waals surface area contributed by atoms with Gasteiger partial charge in [-0.1, -0.05) is 18.2 Å². The summed E-state index contributed by atoms with van der Waals surface area (Å²) in [5.74, 6) is -0.133. The molecule has 1 aromatic carbocycles. The normalized spacial score (nSPS) is 26.2. The van der Waals surface area contributed by atoms with Crippen molar-refractivity contribution in [2.24, 2.45) is 0 Å². The third-order valence-electron chi connectivity index (χ3n) is 2.85. The monoisotopic (exact) mass is 256 g/mol. The first kappa shape index (κ1) is 12.5. The summed E-state index contributed by atoms with van der Waals surface area (Å²) in [6, 6.07) is 8.35. The molecular weight excluding hydrogens is 240 g/mol. The number of hydrogen-bond donors (Lipinski definition) is 0. The van der Waals surface area contributed by atoms with E-state index < -0.39 is 16.1 Å². The minimum atomic E-state index is -3.34. The zero-order valence-electron chi connectivity index (χ0n) is 9.87. The SMILES string of the molecule is C[C@H]1OC(CS(=O)(=O)c2ccccc2)O[C@@H]1C. The standard InChI is InChI=1S/C12H16O4S/c1-9-10(2)16-12(15-9)8-17(13,14)11-6-4-3-5-7-11/h3-7,9-10,12H,8H2,1-2H3/t9-,10-/m1/s1. The molecule has 0 unspecified atom stereocenters. The van der Waals surface area contributed by atoms with E-state index in [0.717, 1.165) is 0 Å². The van der Waals surface area contributed by atoms with E-state index >= 15 is 0 Å². The zero-order valence-corrected chi connectivity index (χ0v) is 10.7. The third-order valence-corrected chi connectivity index (χ3v) is 4.55. The molecular formula is C12H16O4S. The molecule has 17 heavy (non-hydrogen) atoms. The Bertz CT molecular complexity index is 459. The van der Waals surface area contributed by atoms with Crippen LogP contribution in [0.25, 0.3) is 0 Å². The minimum absolute atomic E-state index is 0.0639. The van der Waals surface area contributed by atoms with E-state index in [-0.39, 0.29) is 18.0 Å². The fraction of sp³-hybridized carbons (Fsp3) is 0.500. The lowest BCUT2D eigenvalue weighted by Crippen LogP contribution is -2.22. The molecule has 0 spiro atoms. The van der Waals surface area contributed by atoms with Crippen LogP contribution in [0.5, 0.6) is 0 Å². The van der Waals surface area contributed by atoms with Gasteiger partial charge in [-0.25, -0.2) is 8.42 Å². The Labute approximate surface area is 101 Å². The highest BCUT2D eigenvalue weighted by Gasteiger charge is 2.33. The maximum atomic E-state index is 12.0. The first-order valence-electron chi connectivity index (χ1n) is 5.58. The van der Waals surface area contributed by atoms with Gasteiger partial charge < -0.3 is 9.47 Å². The molecule has 0 bridgehead atoms. The largest absolute Gasteiger partial charge is 0.346 e. The van der Waals surface area contributed by atoms with Crippen LogP contribution in [0.15, 0.2) is 35.2 Å². The maximum absolute atomic E-state index is 12.0. The van der Waals surface area contributed by atoms with Crippen molar-refractivity contribution < 1.29 is 17.9 Å². The van der Waals surface area contributed by atoms with E-state index in [0.29, 0.717) is 4.90 Å². The molecule has 0 aliphatic carbocycles. The zero-order chi connectivity index (χ0) is 12.5. The summed E-state index contributed by atoms with van der Waals surface area (Å²) in [6.45, 7) is 3.75. The van der Waals surface area contributed by atoms with Gasteiger partial charge in [-0.05, 0) is 26.0 Å². The summed E-state index contributed by atoms with van der Waals surface area (Å²) < 4.78 is 34.9. The molecule has 0 aromatic heterocycles. The van der Waals surface area contributed by atoms with Crippen LogP contribution in [-0.4, -0.2) is 32.7 Å². The van der Waals surface area contributed by atoms with Crippen LogP contribution >= 0.6 is 0 Å². The first-order chi connectivity index (χ1) is 7.99. The topological polar surface area (TPSA) is 52.6 Å². The van der Waals surface area contributed by atoms with E-state index in [9.17, 15) is 8.42 Å². The second-order valence-corrected chi connectivity index (χ2v) is 6.24. The highest BCUT2D eigenvalue weighted by atomic mass is 32.2. The summed E-state index contributed by atoms with van der Waals surface area (Å²) in [5, 5.41) is 0. The van der Waals surface area contributed by atoms with E-state index in [4.69, 9.17) is 9.47 Å². The van der Waals surface area contributed by atoms with Gasteiger partial charge in [-0.15, -0.1) is 0 Å². The van der Waals surface area contributed by atoms with Gasteiger partial charge in [0, 0.05) is 0 Å². The fourth-order valence-electron chi connectivity index (χ4n) is 1.71. The van der Waals surface area contributed by atoms with Gasteiger partial charge in [-0.2, -0.15) is 0 Å². The van der Waals surface area contributed by atoms with Crippen LogP contribution < -0.4 is 0 Å². The Hall–Kier alpha value is -0.910. The van der Waals surface area contributed by atoms with Crippen LogP contribution in [0.3, 0.4) is 0 Å². The lowest BCUT2D eigenvalue weighted by molar-refractivity contribution is -0.0443. The number of rotatable bonds is 3. The summed E-state index contributed by atoms with van der Waals surface area (Å²) in [7, 11) is -3.34. The molecule has 1 heterocycles. The fourth-order valence-corrected chi connectivity index (χ4v) is 2.99. The predicted octanol–water partition coefficient (Wildman–Crippen LogP) is 1.61. The van der Waals surface area contributed by atoms with Gasteiger partial charge in [0.1, 0.15) is 5.75 Å². The Kier molecular flexibility index (Phi) is 3.51. The Morgan fingerprint density at radius 3 is 2.12 bits per heavy atom. The second-order valence-electron chi connectivity index (χ2n) is 4.21. The molecule has 5 heteroatoms. The molecule has 1 aromatic rings. The molecule has 1 aliphatic heterocycles. The lowest BCUT2D eigenvalue weighted by atomic mass is 10.3. The van der Waals surface area contributed by atoms with Crippen LogP contribution in [0.1, 0.15) is 13.8 Å². The van der Waals surface area contributed by atoms with E-state index in [1.165, 1.54) is 0 Å². The highest BCUT2D eigenvalue weighted by molar-refractivity contribution is 7.91. The summed E-state index contributed by atoms with van der Waals surface area (Å²) in [5.41, 5.74) is 0. The molecule has 0 N–H and O–H groups in total. The van der Waals surface area contributed by atoms with Crippen molar-refractivity contribution in [2.45, 2.75) is 37.2 Å². The Morgan fingerprint density at radius 2 is 1.59 bits per heavy atom. The first-order valence-corrected chi connectivity index (χ1v) is 7.23. The molecule has 0 radical (unpaired) electrons. The maximum Gasteiger partial charge on any atom is 0.183 e. The van der Waals surface area contributed by atoms with Gasteiger partial charge in [0.25, 0.3) is 0 Å². The van der Waals surface area contributed by atoms with E-state index in [1.54, 1.807) is 30.3 Å². The summed E-state index contributed by atoms with van der Waals surface area (Å²) in [4.78, 5) is 0.305. The number of ether oxygens (including phenoxy) is 2. The molecule has 1 saturated heterocycles.